The molecule has 18 heavy (non-hydrogen) atoms. The molecule has 2 nitrogen and oxygen atoms in total. The molecule has 0 amide bonds. The summed E-state index contributed by atoms with van der Waals surface area (Å²) in [5.74, 6) is 0.0152. The Bertz CT molecular complexity index is 685. The fourth-order valence-corrected chi connectivity index (χ4v) is 2.09. The van der Waals surface area contributed by atoms with E-state index in [2.05, 4.69) is 0 Å². The molecule has 0 bridgehead atoms. The number of halogens is 1. The van der Waals surface area contributed by atoms with Crippen molar-refractivity contribution < 1.29 is 13.9 Å². The van der Waals surface area contributed by atoms with Crippen LogP contribution in [0, 0.1) is 12.7 Å². The number of fused-ring (bicyclic) bond motifs is 1. The Morgan fingerprint density at radius 3 is 2.67 bits per heavy atom. The lowest BCUT2D eigenvalue weighted by molar-refractivity contribution is 0.452. The van der Waals surface area contributed by atoms with Crippen LogP contribution in [0.3, 0.4) is 0 Å². The average molecular weight is 242 g/mol. The highest BCUT2D eigenvalue weighted by Gasteiger charge is 2.20. The van der Waals surface area contributed by atoms with E-state index < -0.39 is 0 Å². The van der Waals surface area contributed by atoms with E-state index in [4.69, 9.17) is 4.42 Å². The molecule has 90 valence electrons. The molecule has 1 heterocycles. The molecule has 0 saturated carbocycles. The Labute approximate surface area is 104 Å². The number of hydrogen-bond acceptors (Lipinski definition) is 2. The SMILES string of the molecule is Cc1ccc(-c2cc3cccoc-3c2O)c(F)c1. The van der Waals surface area contributed by atoms with Gasteiger partial charge in [-0.1, -0.05) is 12.1 Å². The van der Waals surface area contributed by atoms with E-state index in [9.17, 15) is 9.50 Å². The van der Waals surface area contributed by atoms with Crippen molar-refractivity contribution in [3.05, 3.63) is 54.0 Å². The largest absolute Gasteiger partial charge is 0.504 e. The van der Waals surface area contributed by atoms with Crippen molar-refractivity contribution >= 4 is 0 Å². The summed E-state index contributed by atoms with van der Waals surface area (Å²) >= 11 is 0. The van der Waals surface area contributed by atoms with Crippen LogP contribution < -0.4 is 0 Å². The molecule has 3 heteroatoms. The van der Waals surface area contributed by atoms with Crippen LogP contribution in [-0.2, 0) is 0 Å². The van der Waals surface area contributed by atoms with E-state index in [1.165, 1.54) is 12.3 Å². The fourth-order valence-electron chi connectivity index (χ4n) is 2.09. The van der Waals surface area contributed by atoms with Gasteiger partial charge in [0.1, 0.15) is 5.82 Å². The highest BCUT2D eigenvalue weighted by molar-refractivity contribution is 5.85. The number of rotatable bonds is 1. The van der Waals surface area contributed by atoms with Crippen molar-refractivity contribution in [3.63, 3.8) is 0 Å². The maximum absolute atomic E-state index is 13.9. The Morgan fingerprint density at radius 2 is 1.94 bits per heavy atom. The Kier molecular flexibility index (Phi) is 2.33. The van der Waals surface area contributed by atoms with Gasteiger partial charge in [-0.05, 0) is 36.8 Å². The van der Waals surface area contributed by atoms with Gasteiger partial charge in [0.15, 0.2) is 11.5 Å². The summed E-state index contributed by atoms with van der Waals surface area (Å²) in [6.45, 7) is 1.82. The van der Waals surface area contributed by atoms with Gasteiger partial charge >= 0.3 is 0 Å². The number of aryl methyl sites for hydroxylation is 1. The van der Waals surface area contributed by atoms with E-state index >= 15 is 0 Å². The summed E-state index contributed by atoms with van der Waals surface area (Å²) in [6.07, 6.45) is 1.48. The van der Waals surface area contributed by atoms with Gasteiger partial charge in [0.05, 0.1) is 6.26 Å². The molecule has 0 atom stereocenters. The molecule has 1 aliphatic carbocycles. The van der Waals surface area contributed by atoms with Crippen molar-refractivity contribution in [3.8, 4) is 28.2 Å². The quantitative estimate of drug-likeness (QED) is 0.693. The van der Waals surface area contributed by atoms with Gasteiger partial charge in [-0.3, -0.25) is 0 Å². The van der Waals surface area contributed by atoms with Gasteiger partial charge in [-0.25, -0.2) is 4.39 Å². The van der Waals surface area contributed by atoms with Crippen molar-refractivity contribution in [2.75, 3.05) is 0 Å². The number of hydrogen-bond donors (Lipinski definition) is 1. The molecule has 0 spiro atoms. The first kappa shape index (κ1) is 10.8. The summed E-state index contributed by atoms with van der Waals surface area (Å²) in [5.41, 5.74) is 2.43. The topological polar surface area (TPSA) is 33.4 Å². The summed E-state index contributed by atoms with van der Waals surface area (Å²) in [5, 5.41) is 10.1. The first-order valence-electron chi connectivity index (χ1n) is 5.62. The predicted molar refractivity (Wildman–Crippen MR) is 67.1 cm³/mol. The molecule has 2 aliphatic rings. The maximum atomic E-state index is 13.9. The van der Waals surface area contributed by atoms with Crippen molar-refractivity contribution in [1.82, 2.24) is 0 Å². The molecule has 0 fully saturated rings. The van der Waals surface area contributed by atoms with Crippen LogP contribution in [0.5, 0.6) is 5.75 Å². The molecule has 1 N–H and O–H groups in total. The molecule has 1 aromatic rings. The molecule has 0 unspecified atom stereocenters. The minimum absolute atomic E-state index is 0.0200. The summed E-state index contributed by atoms with van der Waals surface area (Å²) in [4.78, 5) is 0. The van der Waals surface area contributed by atoms with E-state index in [0.717, 1.165) is 11.1 Å². The van der Waals surface area contributed by atoms with Crippen LogP contribution in [0.2, 0.25) is 0 Å². The predicted octanol–water partition coefficient (Wildman–Crippen LogP) is 4.20. The average Bonchev–Trinajstić information content (AvgIpc) is 2.68. The van der Waals surface area contributed by atoms with Crippen molar-refractivity contribution in [1.29, 1.82) is 0 Å². The first-order chi connectivity index (χ1) is 8.66. The normalized spacial score (nSPS) is 11.0. The van der Waals surface area contributed by atoms with Crippen LogP contribution in [0.25, 0.3) is 22.5 Å². The van der Waals surface area contributed by atoms with Gasteiger partial charge in [0.25, 0.3) is 0 Å². The fraction of sp³-hybridized carbons (Fsp3) is 0.0667. The van der Waals surface area contributed by atoms with Crippen LogP contribution in [0.4, 0.5) is 4.39 Å². The van der Waals surface area contributed by atoms with Crippen molar-refractivity contribution in [2.45, 2.75) is 6.92 Å². The highest BCUT2D eigenvalue weighted by Crippen LogP contribution is 2.43. The molecule has 0 saturated heterocycles. The van der Waals surface area contributed by atoms with Gasteiger partial charge in [0.2, 0.25) is 0 Å². The van der Waals surface area contributed by atoms with Crippen molar-refractivity contribution in [2.24, 2.45) is 0 Å². The second-order valence-electron chi connectivity index (χ2n) is 4.29. The Hall–Kier alpha value is -2.29. The second kappa shape index (κ2) is 3.88. The van der Waals surface area contributed by atoms with E-state index in [-0.39, 0.29) is 11.6 Å². The lowest BCUT2D eigenvalue weighted by atomic mass is 10.1. The summed E-state index contributed by atoms with van der Waals surface area (Å²) in [7, 11) is 0. The standard InChI is InChI=1S/C15H11FO2/c1-9-4-5-11(13(16)7-9)12-8-10-3-2-6-18-15(10)14(12)17/h2-8,17H,1H3. The van der Waals surface area contributed by atoms with E-state index in [1.807, 2.05) is 19.1 Å². The zero-order valence-corrected chi connectivity index (χ0v) is 9.77. The molecular formula is C15H11FO2. The number of benzene rings is 1. The highest BCUT2D eigenvalue weighted by atomic mass is 19.1. The molecular weight excluding hydrogens is 231 g/mol. The first-order valence-corrected chi connectivity index (χ1v) is 5.62. The second-order valence-corrected chi connectivity index (χ2v) is 4.29. The molecule has 0 aromatic heterocycles. The minimum atomic E-state index is -0.347. The van der Waals surface area contributed by atoms with Gasteiger partial charge in [0, 0.05) is 16.7 Å². The van der Waals surface area contributed by atoms with Gasteiger partial charge in [-0.15, -0.1) is 0 Å². The smallest absolute Gasteiger partial charge is 0.176 e. The number of aromatic hydroxyl groups is 1. The van der Waals surface area contributed by atoms with Gasteiger partial charge in [-0.2, -0.15) is 0 Å². The lowest BCUT2D eigenvalue weighted by Crippen LogP contribution is -1.84. The summed E-state index contributed by atoms with van der Waals surface area (Å²) in [6, 6.07) is 10.2. The lowest BCUT2D eigenvalue weighted by Gasteiger charge is -2.02. The third-order valence-corrected chi connectivity index (χ3v) is 2.99. The van der Waals surface area contributed by atoms with Crippen LogP contribution in [0.1, 0.15) is 5.56 Å². The van der Waals surface area contributed by atoms with E-state index in [1.54, 1.807) is 18.2 Å². The van der Waals surface area contributed by atoms with Crippen LogP contribution in [0.15, 0.2) is 47.1 Å². The van der Waals surface area contributed by atoms with Gasteiger partial charge < -0.3 is 9.52 Å². The monoisotopic (exact) mass is 242 g/mol. The van der Waals surface area contributed by atoms with Crippen LogP contribution >= 0.6 is 0 Å². The third kappa shape index (κ3) is 1.56. The maximum Gasteiger partial charge on any atom is 0.176 e. The third-order valence-electron chi connectivity index (χ3n) is 2.99. The Balaban J connectivity index is 2.26. The zero-order valence-electron chi connectivity index (χ0n) is 9.77. The van der Waals surface area contributed by atoms with Crippen LogP contribution in [-0.4, -0.2) is 5.11 Å². The zero-order chi connectivity index (χ0) is 12.7. The molecule has 1 aliphatic heterocycles. The molecule has 0 radical (unpaired) electrons. The molecule has 1 aromatic carbocycles. The Morgan fingerprint density at radius 1 is 1.11 bits per heavy atom. The summed E-state index contributed by atoms with van der Waals surface area (Å²) < 4.78 is 19.1. The minimum Gasteiger partial charge on any atom is -0.504 e. The van der Waals surface area contributed by atoms with E-state index in [0.29, 0.717) is 16.9 Å². The molecule has 3 rings (SSSR count).